The molecule has 0 spiro atoms. The van der Waals surface area contributed by atoms with Crippen LogP contribution in [0.4, 0.5) is 0 Å². The van der Waals surface area contributed by atoms with E-state index in [1.54, 1.807) is 11.3 Å². The number of nitrogens with one attached hydrogen (secondary N) is 1. The molecular weight excluding hydrogens is 270 g/mol. The normalized spacial score (nSPS) is 20.5. The molecule has 2 aliphatic heterocycles. The lowest BCUT2D eigenvalue weighted by Crippen LogP contribution is -2.38. The van der Waals surface area contributed by atoms with Crippen LogP contribution in [0.5, 0.6) is 0 Å². The molecule has 0 saturated carbocycles. The highest BCUT2D eigenvalue weighted by Crippen LogP contribution is 2.24. The molecule has 20 heavy (non-hydrogen) atoms. The van der Waals surface area contributed by atoms with Gasteiger partial charge >= 0.3 is 0 Å². The predicted octanol–water partition coefficient (Wildman–Crippen LogP) is 1.32. The fraction of sp³-hybridized carbons (Fsp3) is 0.667. The van der Waals surface area contributed by atoms with E-state index in [4.69, 9.17) is 0 Å². The molecule has 110 valence electrons. The van der Waals surface area contributed by atoms with Crippen LogP contribution in [0.3, 0.4) is 0 Å². The van der Waals surface area contributed by atoms with E-state index >= 15 is 0 Å². The summed E-state index contributed by atoms with van der Waals surface area (Å²) in [5.41, 5.74) is 1.44. The molecule has 0 aromatic carbocycles. The summed E-state index contributed by atoms with van der Waals surface area (Å²) < 4.78 is 0. The Morgan fingerprint density at radius 2 is 2.25 bits per heavy atom. The molecule has 1 amide bonds. The monoisotopic (exact) mass is 293 g/mol. The second-order valence-electron chi connectivity index (χ2n) is 5.63. The first-order valence-corrected chi connectivity index (χ1v) is 8.47. The van der Waals surface area contributed by atoms with Crippen LogP contribution >= 0.6 is 11.3 Å². The van der Waals surface area contributed by atoms with E-state index < -0.39 is 0 Å². The first kappa shape index (κ1) is 14.0. The summed E-state index contributed by atoms with van der Waals surface area (Å²) >= 11 is 1.78. The third-order valence-corrected chi connectivity index (χ3v) is 5.20. The lowest BCUT2D eigenvalue weighted by Gasteiger charge is -2.28. The Hall–Kier alpha value is -0.910. The van der Waals surface area contributed by atoms with Crippen molar-refractivity contribution < 1.29 is 4.79 Å². The minimum Gasteiger partial charge on any atom is -0.337 e. The van der Waals surface area contributed by atoms with Crippen molar-refractivity contribution in [3.63, 3.8) is 0 Å². The zero-order valence-corrected chi connectivity index (χ0v) is 12.8. The van der Waals surface area contributed by atoms with Crippen molar-refractivity contribution in [1.82, 2.24) is 15.1 Å². The van der Waals surface area contributed by atoms with Gasteiger partial charge in [-0.1, -0.05) is 0 Å². The van der Waals surface area contributed by atoms with Crippen molar-refractivity contribution in [3.8, 4) is 0 Å². The molecule has 3 rings (SSSR count). The van der Waals surface area contributed by atoms with Crippen molar-refractivity contribution in [1.29, 1.82) is 0 Å². The van der Waals surface area contributed by atoms with E-state index in [-0.39, 0.29) is 0 Å². The van der Waals surface area contributed by atoms with Gasteiger partial charge in [0.05, 0.1) is 6.54 Å². The number of nitrogens with zero attached hydrogens (tertiary/aromatic N) is 2. The van der Waals surface area contributed by atoms with Gasteiger partial charge in [0.1, 0.15) is 0 Å². The number of hydrogen-bond donors (Lipinski definition) is 1. The van der Waals surface area contributed by atoms with Gasteiger partial charge in [0.25, 0.3) is 0 Å². The highest BCUT2D eigenvalue weighted by Gasteiger charge is 2.21. The molecule has 1 aromatic heterocycles. The smallest absolute Gasteiger partial charge is 0.224 e. The maximum atomic E-state index is 12.3. The van der Waals surface area contributed by atoms with Gasteiger partial charge < -0.3 is 15.1 Å². The van der Waals surface area contributed by atoms with Gasteiger partial charge in [-0.2, -0.15) is 0 Å². The van der Waals surface area contributed by atoms with Crippen LogP contribution < -0.4 is 5.32 Å². The Labute approximate surface area is 124 Å². The third-order valence-electron chi connectivity index (χ3n) is 4.25. The summed E-state index contributed by atoms with van der Waals surface area (Å²) in [5, 5.41) is 5.54. The fourth-order valence-corrected chi connectivity index (χ4v) is 3.93. The van der Waals surface area contributed by atoms with Crippen molar-refractivity contribution in [3.05, 3.63) is 21.9 Å². The van der Waals surface area contributed by atoms with E-state index in [0.717, 1.165) is 52.2 Å². The summed E-state index contributed by atoms with van der Waals surface area (Å²) in [6.45, 7) is 6.98. The fourth-order valence-electron chi connectivity index (χ4n) is 2.99. The molecule has 4 nitrogen and oxygen atoms in total. The molecule has 1 fully saturated rings. The zero-order chi connectivity index (χ0) is 13.8. The number of amides is 1. The first-order valence-electron chi connectivity index (χ1n) is 7.59. The van der Waals surface area contributed by atoms with Crippen LogP contribution in [0.2, 0.25) is 0 Å². The average Bonchev–Trinajstić information content (AvgIpc) is 2.78. The summed E-state index contributed by atoms with van der Waals surface area (Å²) in [6, 6.07) is 2.20. The van der Waals surface area contributed by atoms with Crippen LogP contribution in [-0.2, 0) is 17.8 Å². The van der Waals surface area contributed by atoms with Crippen LogP contribution in [0, 0.1) is 0 Å². The highest BCUT2D eigenvalue weighted by molar-refractivity contribution is 7.10. The van der Waals surface area contributed by atoms with E-state index in [9.17, 15) is 4.79 Å². The minimum atomic E-state index is 0.321. The summed E-state index contributed by atoms with van der Waals surface area (Å²) in [4.78, 5) is 18.2. The van der Waals surface area contributed by atoms with Crippen LogP contribution in [0.25, 0.3) is 0 Å². The number of fused-ring (bicyclic) bond motifs is 1. The van der Waals surface area contributed by atoms with Crippen LogP contribution in [0.1, 0.15) is 23.3 Å². The average molecular weight is 293 g/mol. The molecule has 0 radical (unpaired) electrons. The molecule has 0 atom stereocenters. The van der Waals surface area contributed by atoms with E-state index in [1.807, 2.05) is 4.90 Å². The molecule has 2 aliphatic rings. The molecule has 1 saturated heterocycles. The van der Waals surface area contributed by atoms with Crippen molar-refractivity contribution >= 4 is 17.2 Å². The van der Waals surface area contributed by atoms with E-state index in [0.29, 0.717) is 12.3 Å². The summed E-state index contributed by atoms with van der Waals surface area (Å²) in [7, 11) is 0. The van der Waals surface area contributed by atoms with Gasteiger partial charge in [0.15, 0.2) is 0 Å². The lowest BCUT2D eigenvalue weighted by atomic mass is 10.1. The van der Waals surface area contributed by atoms with Gasteiger partial charge in [-0.05, 0) is 42.9 Å². The predicted molar refractivity (Wildman–Crippen MR) is 82.0 cm³/mol. The first-order chi connectivity index (χ1) is 9.83. The van der Waals surface area contributed by atoms with Crippen LogP contribution in [0.15, 0.2) is 11.4 Å². The second-order valence-corrected chi connectivity index (χ2v) is 6.63. The van der Waals surface area contributed by atoms with Gasteiger partial charge in [-0.3, -0.25) is 4.79 Å². The maximum Gasteiger partial charge on any atom is 0.224 e. The molecule has 1 N–H and O–H groups in total. The van der Waals surface area contributed by atoms with E-state index in [1.165, 1.54) is 16.9 Å². The van der Waals surface area contributed by atoms with Crippen LogP contribution in [-0.4, -0.2) is 55.0 Å². The maximum absolute atomic E-state index is 12.3. The Morgan fingerprint density at radius 3 is 3.20 bits per heavy atom. The molecule has 0 unspecified atom stereocenters. The number of carbonyl (C=O) groups is 1. The molecule has 5 heteroatoms. The number of carbonyl (C=O) groups excluding carboxylic acids is 1. The van der Waals surface area contributed by atoms with E-state index in [2.05, 4.69) is 21.7 Å². The molecule has 0 bridgehead atoms. The molecule has 1 aromatic rings. The minimum absolute atomic E-state index is 0.321. The summed E-state index contributed by atoms with van der Waals surface area (Å²) in [5.74, 6) is 0.321. The van der Waals surface area contributed by atoms with Gasteiger partial charge in [-0.15, -0.1) is 11.3 Å². The number of hydrogen-bond acceptors (Lipinski definition) is 4. The van der Waals surface area contributed by atoms with Crippen molar-refractivity contribution in [2.24, 2.45) is 0 Å². The Bertz CT molecular complexity index is 452. The molecular formula is C15H23N3OS. The number of rotatable bonds is 3. The summed E-state index contributed by atoms with van der Waals surface area (Å²) in [6.07, 6.45) is 2.88. The third kappa shape index (κ3) is 3.40. The molecule has 3 heterocycles. The Kier molecular flexibility index (Phi) is 4.70. The van der Waals surface area contributed by atoms with Gasteiger partial charge in [0.2, 0.25) is 5.91 Å². The largest absolute Gasteiger partial charge is 0.337 e. The Morgan fingerprint density at radius 1 is 1.30 bits per heavy atom. The SMILES string of the molecule is O=C(CCN1CCCNCC1)N1CCc2ccsc2C1. The highest BCUT2D eigenvalue weighted by atomic mass is 32.1. The van der Waals surface area contributed by atoms with Gasteiger partial charge in [0, 0.05) is 37.5 Å². The Balaban J connectivity index is 1.47. The zero-order valence-electron chi connectivity index (χ0n) is 11.9. The standard InChI is InChI=1S/C15H23N3OS/c19-15(3-8-17-7-1-5-16-6-10-17)18-9-2-13-4-11-20-14(13)12-18/h4,11,16H,1-3,5-10,12H2. The van der Waals surface area contributed by atoms with Gasteiger partial charge in [-0.25, -0.2) is 0 Å². The van der Waals surface area contributed by atoms with Crippen molar-refractivity contribution in [2.75, 3.05) is 39.3 Å². The number of thiophene rings is 1. The topological polar surface area (TPSA) is 35.6 Å². The quantitative estimate of drug-likeness (QED) is 0.913. The second kappa shape index (κ2) is 6.70. The lowest BCUT2D eigenvalue weighted by molar-refractivity contribution is -0.132. The molecule has 0 aliphatic carbocycles. The van der Waals surface area contributed by atoms with Crippen molar-refractivity contribution in [2.45, 2.75) is 25.8 Å².